The lowest BCUT2D eigenvalue weighted by molar-refractivity contribution is 0.913. The molecule has 0 spiro atoms. The Balaban J connectivity index is 2.74. The Bertz CT molecular complexity index is 204. The molecule has 1 aliphatic rings. The van der Waals surface area contributed by atoms with E-state index in [9.17, 15) is 0 Å². The Labute approximate surface area is 62.9 Å². The molecule has 0 saturated heterocycles. The van der Waals surface area contributed by atoms with Gasteiger partial charge in [0.15, 0.2) is 0 Å². The summed E-state index contributed by atoms with van der Waals surface area (Å²) in [6.07, 6.45) is 6.76. The lowest BCUT2D eigenvalue weighted by Gasteiger charge is -2.10. The van der Waals surface area contributed by atoms with Crippen molar-refractivity contribution in [3.8, 4) is 0 Å². The number of hydrogen-bond acceptors (Lipinski definition) is 0. The van der Waals surface area contributed by atoms with E-state index in [-0.39, 0.29) is 0 Å². The average Bonchev–Trinajstić information content (AvgIpc) is 1.88. The van der Waals surface area contributed by atoms with Gasteiger partial charge in [-0.2, -0.15) is 0 Å². The fraction of sp³-hybridized carbons (Fsp3) is 0.400. The zero-order chi connectivity index (χ0) is 7.56. The van der Waals surface area contributed by atoms with Crippen molar-refractivity contribution in [3.05, 3.63) is 35.5 Å². The van der Waals surface area contributed by atoms with Crippen LogP contribution in [0.15, 0.2) is 35.5 Å². The molecule has 10 heavy (non-hydrogen) atoms. The number of hydrogen-bond donors (Lipinski definition) is 0. The molecule has 0 aliphatic heterocycles. The predicted molar refractivity (Wildman–Crippen MR) is 45.9 cm³/mol. The summed E-state index contributed by atoms with van der Waals surface area (Å²) in [6, 6.07) is 0. The monoisotopic (exact) mass is 134 g/mol. The van der Waals surface area contributed by atoms with Crippen molar-refractivity contribution in [2.45, 2.75) is 26.7 Å². The highest BCUT2D eigenvalue weighted by atomic mass is 14.1. The molecule has 0 atom stereocenters. The van der Waals surface area contributed by atoms with Crippen molar-refractivity contribution in [2.24, 2.45) is 0 Å². The summed E-state index contributed by atoms with van der Waals surface area (Å²) in [7, 11) is 0. The maximum Gasteiger partial charge on any atom is -0.0239 e. The number of rotatable bonds is 1. The lowest BCUT2D eigenvalue weighted by atomic mass is 9.96. The molecule has 0 heterocycles. The highest BCUT2D eigenvalue weighted by Crippen LogP contribution is 2.21. The van der Waals surface area contributed by atoms with Crippen LogP contribution in [-0.4, -0.2) is 0 Å². The lowest BCUT2D eigenvalue weighted by Crippen LogP contribution is -1.90. The van der Waals surface area contributed by atoms with Crippen molar-refractivity contribution in [3.63, 3.8) is 0 Å². The van der Waals surface area contributed by atoms with Crippen molar-refractivity contribution in [1.82, 2.24) is 0 Å². The summed E-state index contributed by atoms with van der Waals surface area (Å²) < 4.78 is 0. The first-order valence-corrected chi connectivity index (χ1v) is 3.72. The third kappa shape index (κ3) is 1.60. The molecule has 0 amide bonds. The molecule has 0 saturated carbocycles. The van der Waals surface area contributed by atoms with Gasteiger partial charge in [0.05, 0.1) is 0 Å². The van der Waals surface area contributed by atoms with Gasteiger partial charge in [-0.15, -0.1) is 0 Å². The van der Waals surface area contributed by atoms with Gasteiger partial charge in [-0.3, -0.25) is 0 Å². The van der Waals surface area contributed by atoms with Crippen LogP contribution in [0.3, 0.4) is 0 Å². The fourth-order valence-corrected chi connectivity index (χ4v) is 1.10. The van der Waals surface area contributed by atoms with E-state index in [1.807, 2.05) is 0 Å². The van der Waals surface area contributed by atoms with E-state index in [1.54, 1.807) is 0 Å². The summed E-state index contributed by atoms with van der Waals surface area (Å²) in [4.78, 5) is 0. The second-order valence-electron chi connectivity index (χ2n) is 2.99. The van der Waals surface area contributed by atoms with E-state index in [0.717, 1.165) is 0 Å². The van der Waals surface area contributed by atoms with Gasteiger partial charge in [-0.25, -0.2) is 0 Å². The molecule has 1 aliphatic carbocycles. The van der Waals surface area contributed by atoms with Crippen molar-refractivity contribution >= 4 is 0 Å². The molecule has 0 aromatic heterocycles. The van der Waals surface area contributed by atoms with E-state index in [0.29, 0.717) is 0 Å². The van der Waals surface area contributed by atoms with E-state index < -0.39 is 0 Å². The van der Waals surface area contributed by atoms with Crippen molar-refractivity contribution in [1.29, 1.82) is 0 Å². The molecule has 0 N–H and O–H groups in total. The molecule has 1 rings (SSSR count). The molecule has 0 heteroatoms. The zero-order valence-corrected chi connectivity index (χ0v) is 6.78. The van der Waals surface area contributed by atoms with Gasteiger partial charge in [0, 0.05) is 0 Å². The standard InChI is InChI=1S/C10H14/c1-8(2)10-6-4-9(3)5-7-10/h4,6H,1,5,7H2,2-3H3. The summed E-state index contributed by atoms with van der Waals surface area (Å²) >= 11 is 0. The van der Waals surface area contributed by atoms with Gasteiger partial charge in [0.25, 0.3) is 0 Å². The summed E-state index contributed by atoms with van der Waals surface area (Å²) in [6.45, 7) is 8.15. The van der Waals surface area contributed by atoms with Crippen LogP contribution < -0.4 is 0 Å². The molecule has 0 bridgehead atoms. The van der Waals surface area contributed by atoms with Crippen molar-refractivity contribution < 1.29 is 0 Å². The smallest absolute Gasteiger partial charge is 0.0239 e. The maximum absolute atomic E-state index is 3.91. The Morgan fingerprint density at radius 1 is 1.40 bits per heavy atom. The van der Waals surface area contributed by atoms with Gasteiger partial charge < -0.3 is 0 Å². The van der Waals surface area contributed by atoms with Crippen LogP contribution in [0.1, 0.15) is 26.7 Å². The normalized spacial score (nSPS) is 17.8. The summed E-state index contributed by atoms with van der Waals surface area (Å²) in [5.41, 5.74) is 4.10. The molecule has 0 aromatic carbocycles. The average molecular weight is 134 g/mol. The quantitative estimate of drug-likeness (QED) is 0.516. The molecule has 0 nitrogen and oxygen atoms in total. The molecule has 0 aromatic rings. The molecule has 0 radical (unpaired) electrons. The van der Waals surface area contributed by atoms with Crippen LogP contribution in [0.5, 0.6) is 0 Å². The van der Waals surface area contributed by atoms with Gasteiger partial charge >= 0.3 is 0 Å². The second-order valence-corrected chi connectivity index (χ2v) is 2.99. The molecule has 54 valence electrons. The molecular formula is C10H14. The Hall–Kier alpha value is -0.780. The Morgan fingerprint density at radius 3 is 2.50 bits per heavy atom. The SMILES string of the molecule is C=C(C)C1=CC=C(C)CC1. The Morgan fingerprint density at radius 2 is 2.10 bits per heavy atom. The topological polar surface area (TPSA) is 0 Å². The zero-order valence-electron chi connectivity index (χ0n) is 6.78. The molecule has 0 fully saturated rings. The highest BCUT2D eigenvalue weighted by molar-refractivity contribution is 5.34. The van der Waals surface area contributed by atoms with Crippen LogP contribution in [0.25, 0.3) is 0 Å². The number of allylic oxidation sites excluding steroid dienone is 5. The maximum atomic E-state index is 3.91. The van der Waals surface area contributed by atoms with Crippen molar-refractivity contribution in [2.75, 3.05) is 0 Å². The first-order chi connectivity index (χ1) is 4.70. The van der Waals surface area contributed by atoms with Gasteiger partial charge in [0.1, 0.15) is 0 Å². The largest absolute Gasteiger partial charge is 0.0958 e. The van der Waals surface area contributed by atoms with Gasteiger partial charge in [0.2, 0.25) is 0 Å². The Kier molecular flexibility index (Phi) is 2.10. The minimum atomic E-state index is 1.18. The molecule has 0 unspecified atom stereocenters. The highest BCUT2D eigenvalue weighted by Gasteiger charge is 2.02. The van der Waals surface area contributed by atoms with Crippen LogP contribution in [-0.2, 0) is 0 Å². The van der Waals surface area contributed by atoms with Crippen LogP contribution in [0, 0.1) is 0 Å². The van der Waals surface area contributed by atoms with E-state index in [1.165, 1.54) is 29.6 Å². The predicted octanol–water partition coefficient (Wildman–Crippen LogP) is 3.23. The third-order valence-corrected chi connectivity index (χ3v) is 1.91. The first kappa shape index (κ1) is 7.33. The molecular weight excluding hydrogens is 120 g/mol. The van der Waals surface area contributed by atoms with E-state index in [4.69, 9.17) is 0 Å². The first-order valence-electron chi connectivity index (χ1n) is 3.72. The second kappa shape index (κ2) is 2.87. The summed E-state index contributed by atoms with van der Waals surface area (Å²) in [5.74, 6) is 0. The van der Waals surface area contributed by atoms with E-state index in [2.05, 4.69) is 32.6 Å². The van der Waals surface area contributed by atoms with Gasteiger partial charge in [-0.05, 0) is 32.3 Å². The van der Waals surface area contributed by atoms with Crippen LogP contribution >= 0.6 is 0 Å². The third-order valence-electron chi connectivity index (χ3n) is 1.91. The van der Waals surface area contributed by atoms with Crippen LogP contribution in [0.2, 0.25) is 0 Å². The minimum absolute atomic E-state index is 1.18. The van der Waals surface area contributed by atoms with Crippen LogP contribution in [0.4, 0.5) is 0 Å². The fourth-order valence-electron chi connectivity index (χ4n) is 1.10. The van der Waals surface area contributed by atoms with E-state index >= 15 is 0 Å². The minimum Gasteiger partial charge on any atom is -0.0958 e. The van der Waals surface area contributed by atoms with Gasteiger partial charge in [-0.1, -0.05) is 29.9 Å². The summed E-state index contributed by atoms with van der Waals surface area (Å²) in [5, 5.41) is 0.